The molecule has 0 fully saturated rings. The van der Waals surface area contributed by atoms with E-state index in [0.717, 1.165) is 5.69 Å². The summed E-state index contributed by atoms with van der Waals surface area (Å²) in [6.07, 6.45) is 0.352. The summed E-state index contributed by atoms with van der Waals surface area (Å²) in [5.41, 5.74) is 1.77. The number of carbonyl (C=O) groups is 1. The lowest BCUT2D eigenvalue weighted by Gasteiger charge is -2.13. The molecular weight excluding hydrogens is 284 g/mol. The number of fused-ring (bicyclic) bond motifs is 1. The van der Waals surface area contributed by atoms with Crippen molar-refractivity contribution < 1.29 is 9.72 Å². The number of nitro groups is 1. The Hall–Kier alpha value is -2.70. The zero-order valence-electron chi connectivity index (χ0n) is 12.8. The average molecular weight is 302 g/mol. The number of non-ortho nitro benzene ring substituents is 1. The van der Waals surface area contributed by atoms with Gasteiger partial charge in [0.15, 0.2) is 5.52 Å². The van der Waals surface area contributed by atoms with Crippen molar-refractivity contribution in [2.75, 3.05) is 26.0 Å². The largest absolute Gasteiger partial charge is 0.384 e. The molecular formula is C15H18N4O3. The van der Waals surface area contributed by atoms with Crippen LogP contribution in [0.5, 0.6) is 0 Å². The predicted octanol–water partition coefficient (Wildman–Crippen LogP) is 2.34. The Morgan fingerprint density at radius 2 is 2.14 bits per heavy atom. The Balaban J connectivity index is 2.32. The molecule has 1 heterocycles. The second kappa shape index (κ2) is 6.38. The first-order valence-electron chi connectivity index (χ1n) is 6.89. The molecule has 0 bridgehead atoms. The number of amides is 1. The lowest BCUT2D eigenvalue weighted by Crippen LogP contribution is -2.23. The number of aryl methyl sites for hydroxylation is 1. The van der Waals surface area contributed by atoms with Crippen LogP contribution >= 0.6 is 0 Å². The fourth-order valence-electron chi connectivity index (χ4n) is 2.18. The molecule has 116 valence electrons. The number of rotatable bonds is 5. The smallest absolute Gasteiger partial charge is 0.295 e. The van der Waals surface area contributed by atoms with Gasteiger partial charge in [-0.1, -0.05) is 12.1 Å². The van der Waals surface area contributed by atoms with E-state index in [1.54, 1.807) is 33.2 Å². The van der Waals surface area contributed by atoms with Crippen molar-refractivity contribution in [3.8, 4) is 0 Å². The fourth-order valence-corrected chi connectivity index (χ4v) is 2.18. The van der Waals surface area contributed by atoms with Crippen molar-refractivity contribution in [2.24, 2.45) is 0 Å². The van der Waals surface area contributed by atoms with E-state index in [-0.39, 0.29) is 11.6 Å². The third-order valence-electron chi connectivity index (χ3n) is 3.30. The molecule has 0 atom stereocenters. The van der Waals surface area contributed by atoms with Crippen molar-refractivity contribution in [1.82, 2.24) is 9.88 Å². The Kier molecular flexibility index (Phi) is 4.55. The van der Waals surface area contributed by atoms with Crippen LogP contribution < -0.4 is 5.32 Å². The number of pyridine rings is 1. The van der Waals surface area contributed by atoms with Crippen LogP contribution in [0, 0.1) is 17.0 Å². The van der Waals surface area contributed by atoms with Gasteiger partial charge < -0.3 is 10.2 Å². The summed E-state index contributed by atoms with van der Waals surface area (Å²) in [6.45, 7) is 2.24. The van der Waals surface area contributed by atoms with Crippen molar-refractivity contribution >= 4 is 28.2 Å². The lowest BCUT2D eigenvalue weighted by molar-refractivity contribution is -0.383. The normalized spacial score (nSPS) is 10.5. The fraction of sp³-hybridized carbons (Fsp3) is 0.333. The minimum Gasteiger partial charge on any atom is -0.384 e. The molecule has 0 unspecified atom stereocenters. The summed E-state index contributed by atoms with van der Waals surface area (Å²) in [4.78, 5) is 28.1. The molecule has 0 saturated carbocycles. The monoisotopic (exact) mass is 302 g/mol. The van der Waals surface area contributed by atoms with Crippen LogP contribution in [-0.2, 0) is 4.79 Å². The van der Waals surface area contributed by atoms with Gasteiger partial charge in [0.25, 0.3) is 5.69 Å². The summed E-state index contributed by atoms with van der Waals surface area (Å²) in [6, 6.07) is 6.68. The van der Waals surface area contributed by atoms with Crippen LogP contribution in [-0.4, -0.2) is 41.4 Å². The van der Waals surface area contributed by atoms with Gasteiger partial charge in [-0.05, 0) is 13.0 Å². The minimum atomic E-state index is -0.436. The standard InChI is InChI=1S/C15H18N4O3/c1-10-9-12(16-8-7-14(20)18(2)3)11-5-4-6-13(19(21)22)15(11)17-10/h4-6,9H,7-8H2,1-3H3,(H,16,17). The second-order valence-corrected chi connectivity index (χ2v) is 5.21. The van der Waals surface area contributed by atoms with Gasteiger partial charge in [0.1, 0.15) is 0 Å². The number of hydrogen-bond donors (Lipinski definition) is 1. The minimum absolute atomic E-state index is 0.0198. The number of carbonyl (C=O) groups excluding carboxylic acids is 1. The highest BCUT2D eigenvalue weighted by molar-refractivity contribution is 5.96. The van der Waals surface area contributed by atoms with Gasteiger partial charge in [0.05, 0.1) is 4.92 Å². The van der Waals surface area contributed by atoms with E-state index in [9.17, 15) is 14.9 Å². The molecule has 1 aromatic carbocycles. The quantitative estimate of drug-likeness (QED) is 0.676. The van der Waals surface area contributed by atoms with Crippen LogP contribution in [0.1, 0.15) is 12.1 Å². The third-order valence-corrected chi connectivity index (χ3v) is 3.30. The van der Waals surface area contributed by atoms with Crippen molar-refractivity contribution in [3.63, 3.8) is 0 Å². The van der Waals surface area contributed by atoms with Crippen LogP contribution in [0.4, 0.5) is 11.4 Å². The number of benzene rings is 1. The maximum Gasteiger partial charge on any atom is 0.295 e. The van der Waals surface area contributed by atoms with Gasteiger partial charge in [-0.25, -0.2) is 4.98 Å². The van der Waals surface area contributed by atoms with Crippen LogP contribution in [0.25, 0.3) is 10.9 Å². The Morgan fingerprint density at radius 1 is 1.41 bits per heavy atom. The Labute approximate surface area is 128 Å². The van der Waals surface area contributed by atoms with E-state index in [2.05, 4.69) is 10.3 Å². The van der Waals surface area contributed by atoms with E-state index in [4.69, 9.17) is 0 Å². The van der Waals surface area contributed by atoms with E-state index < -0.39 is 4.92 Å². The molecule has 22 heavy (non-hydrogen) atoms. The second-order valence-electron chi connectivity index (χ2n) is 5.21. The number of nitrogens with one attached hydrogen (secondary N) is 1. The first kappa shape index (κ1) is 15.7. The van der Waals surface area contributed by atoms with Gasteiger partial charge in [-0.15, -0.1) is 0 Å². The molecule has 1 N–H and O–H groups in total. The molecule has 2 rings (SSSR count). The van der Waals surface area contributed by atoms with E-state index in [1.165, 1.54) is 11.0 Å². The lowest BCUT2D eigenvalue weighted by atomic mass is 10.1. The average Bonchev–Trinajstić information content (AvgIpc) is 2.45. The van der Waals surface area contributed by atoms with Gasteiger partial charge in [-0.2, -0.15) is 0 Å². The van der Waals surface area contributed by atoms with Gasteiger partial charge in [-0.3, -0.25) is 14.9 Å². The third kappa shape index (κ3) is 3.30. The van der Waals surface area contributed by atoms with Crippen molar-refractivity contribution in [3.05, 3.63) is 40.1 Å². The Morgan fingerprint density at radius 3 is 2.77 bits per heavy atom. The first-order chi connectivity index (χ1) is 10.4. The number of nitrogens with zero attached hydrogens (tertiary/aromatic N) is 3. The summed E-state index contributed by atoms with van der Waals surface area (Å²) in [7, 11) is 3.41. The SMILES string of the molecule is Cc1cc(NCCC(=O)N(C)C)c2cccc([N+](=O)[O-])c2n1. The van der Waals surface area contributed by atoms with Gasteiger partial charge >= 0.3 is 0 Å². The number of anilines is 1. The summed E-state index contributed by atoms with van der Waals surface area (Å²) in [5.74, 6) is 0.0218. The molecule has 2 aromatic rings. The zero-order chi connectivity index (χ0) is 16.3. The molecule has 7 heteroatoms. The highest BCUT2D eigenvalue weighted by Crippen LogP contribution is 2.29. The van der Waals surface area contributed by atoms with Crippen LogP contribution in [0.2, 0.25) is 0 Å². The van der Waals surface area contributed by atoms with E-state index in [0.29, 0.717) is 29.6 Å². The molecule has 1 amide bonds. The molecule has 0 aliphatic heterocycles. The van der Waals surface area contributed by atoms with Crippen LogP contribution in [0.3, 0.4) is 0 Å². The number of aromatic nitrogens is 1. The maximum atomic E-state index is 11.6. The summed E-state index contributed by atoms with van der Waals surface area (Å²) >= 11 is 0. The van der Waals surface area contributed by atoms with Crippen molar-refractivity contribution in [2.45, 2.75) is 13.3 Å². The van der Waals surface area contributed by atoms with E-state index >= 15 is 0 Å². The first-order valence-corrected chi connectivity index (χ1v) is 6.89. The topological polar surface area (TPSA) is 88.4 Å². The zero-order valence-corrected chi connectivity index (χ0v) is 12.8. The van der Waals surface area contributed by atoms with Gasteiger partial charge in [0, 0.05) is 49.9 Å². The molecule has 7 nitrogen and oxygen atoms in total. The molecule has 1 aromatic heterocycles. The Bertz CT molecular complexity index is 728. The highest BCUT2D eigenvalue weighted by atomic mass is 16.6. The van der Waals surface area contributed by atoms with Crippen molar-refractivity contribution in [1.29, 1.82) is 0 Å². The summed E-state index contributed by atoms with van der Waals surface area (Å²) < 4.78 is 0. The predicted molar refractivity (Wildman–Crippen MR) is 84.9 cm³/mol. The number of nitro benzene ring substituents is 1. The maximum absolute atomic E-state index is 11.6. The molecule has 0 aliphatic rings. The highest BCUT2D eigenvalue weighted by Gasteiger charge is 2.15. The van der Waals surface area contributed by atoms with Crippen LogP contribution in [0.15, 0.2) is 24.3 Å². The number of hydrogen-bond acceptors (Lipinski definition) is 5. The number of para-hydroxylation sites is 1. The molecule has 0 aliphatic carbocycles. The molecule has 0 radical (unpaired) electrons. The summed E-state index contributed by atoms with van der Waals surface area (Å²) in [5, 5.41) is 15.0. The molecule has 0 spiro atoms. The molecule has 0 saturated heterocycles. The van der Waals surface area contributed by atoms with Gasteiger partial charge in [0.2, 0.25) is 5.91 Å². The van der Waals surface area contributed by atoms with E-state index in [1.807, 2.05) is 6.07 Å².